The largest absolute Gasteiger partial charge is 0.462 e. The van der Waals surface area contributed by atoms with Crippen molar-refractivity contribution >= 4 is 17.9 Å². The maximum Gasteiger partial charge on any atom is 0.306 e. The molecule has 0 N–H and O–H groups in total. The highest BCUT2D eigenvalue weighted by molar-refractivity contribution is 5.71. The SMILES string of the molecule is CCC/C=C\CCCCCCCC(=O)OCC(COC(=O)CCCCCCCCCCCCCCCCCCCCCCCCCC)OC(=O)CCCCCCC/C=C\CCCCCCCCC. The van der Waals surface area contributed by atoms with Crippen LogP contribution in [-0.2, 0) is 28.6 Å². The Bertz CT molecular complexity index is 1100. The average molecular weight is 958 g/mol. The second kappa shape index (κ2) is 57.5. The molecule has 0 rings (SSSR count). The number of carbonyl (C=O) groups excluding carboxylic acids is 3. The Kier molecular flexibility index (Phi) is 55.7. The van der Waals surface area contributed by atoms with Crippen LogP contribution in [-0.4, -0.2) is 37.2 Å². The van der Waals surface area contributed by atoms with Crippen molar-refractivity contribution in [3.63, 3.8) is 0 Å². The molecule has 0 aromatic rings. The van der Waals surface area contributed by atoms with Gasteiger partial charge in [0.25, 0.3) is 0 Å². The van der Waals surface area contributed by atoms with Crippen LogP contribution < -0.4 is 0 Å². The average Bonchev–Trinajstić information content (AvgIpc) is 3.34. The summed E-state index contributed by atoms with van der Waals surface area (Å²) in [5, 5.41) is 0. The van der Waals surface area contributed by atoms with Gasteiger partial charge < -0.3 is 14.2 Å². The molecule has 1 unspecified atom stereocenters. The summed E-state index contributed by atoms with van der Waals surface area (Å²) < 4.78 is 16.9. The molecule has 0 heterocycles. The smallest absolute Gasteiger partial charge is 0.306 e. The maximum atomic E-state index is 12.8. The highest BCUT2D eigenvalue weighted by Gasteiger charge is 2.19. The van der Waals surface area contributed by atoms with Crippen molar-refractivity contribution in [3.8, 4) is 0 Å². The van der Waals surface area contributed by atoms with E-state index < -0.39 is 6.10 Å². The molecular formula is C62H116O6. The lowest BCUT2D eigenvalue weighted by Crippen LogP contribution is -2.30. The molecule has 1 atom stereocenters. The molecule has 0 spiro atoms. The lowest BCUT2D eigenvalue weighted by atomic mass is 10.0. The van der Waals surface area contributed by atoms with Gasteiger partial charge in [0.2, 0.25) is 0 Å². The highest BCUT2D eigenvalue weighted by atomic mass is 16.6. The standard InChI is InChI=1S/C62H116O6/c1-4-7-10-13-16-19-22-24-26-28-29-30-31-32-33-34-35-37-38-40-43-46-49-52-55-61(64)67-58-59(57-66-60(63)54-51-48-45-42-21-18-15-12-9-6-3)68-62(65)56-53-50-47-44-41-39-36-27-25-23-20-17-14-11-8-5-2/h12,15,27,36,59H,4-11,13-14,16-26,28-35,37-58H2,1-3H3/b15-12-,36-27-. The van der Waals surface area contributed by atoms with E-state index in [0.717, 1.165) is 77.0 Å². The van der Waals surface area contributed by atoms with Gasteiger partial charge in [-0.15, -0.1) is 0 Å². The minimum Gasteiger partial charge on any atom is -0.462 e. The number of carbonyl (C=O) groups is 3. The molecule has 0 fully saturated rings. The third-order valence-corrected chi connectivity index (χ3v) is 13.7. The second-order valence-corrected chi connectivity index (χ2v) is 20.6. The van der Waals surface area contributed by atoms with Crippen LogP contribution >= 0.6 is 0 Å². The number of hydrogen-bond donors (Lipinski definition) is 0. The molecule has 400 valence electrons. The molecule has 0 bridgehead atoms. The molecule has 0 aromatic heterocycles. The van der Waals surface area contributed by atoms with Gasteiger partial charge in [0.05, 0.1) is 0 Å². The van der Waals surface area contributed by atoms with E-state index in [1.807, 2.05) is 0 Å². The van der Waals surface area contributed by atoms with E-state index in [1.165, 1.54) is 218 Å². The summed E-state index contributed by atoms with van der Waals surface area (Å²) in [5.74, 6) is -0.873. The molecule has 0 aliphatic carbocycles. The first-order chi connectivity index (χ1) is 33.5. The van der Waals surface area contributed by atoms with Gasteiger partial charge in [0.15, 0.2) is 6.10 Å². The molecule has 0 aliphatic heterocycles. The summed E-state index contributed by atoms with van der Waals surface area (Å²) in [6.45, 7) is 6.61. The number of unbranched alkanes of at least 4 members (excludes halogenated alkanes) is 41. The molecule has 0 saturated carbocycles. The zero-order valence-corrected chi connectivity index (χ0v) is 45.9. The number of esters is 3. The predicted molar refractivity (Wildman–Crippen MR) is 293 cm³/mol. The van der Waals surface area contributed by atoms with Crippen LogP contribution in [0.25, 0.3) is 0 Å². The van der Waals surface area contributed by atoms with E-state index >= 15 is 0 Å². The first-order valence-electron chi connectivity index (χ1n) is 30.3. The maximum absolute atomic E-state index is 12.8. The fraction of sp³-hybridized carbons (Fsp3) is 0.887. The minimum atomic E-state index is -0.775. The van der Waals surface area contributed by atoms with Gasteiger partial charge in [-0.1, -0.05) is 276 Å². The number of ether oxygens (including phenoxy) is 3. The summed E-state index contributed by atoms with van der Waals surface area (Å²) in [4.78, 5) is 38.1. The van der Waals surface area contributed by atoms with Crippen molar-refractivity contribution in [2.45, 2.75) is 341 Å². The van der Waals surface area contributed by atoms with Gasteiger partial charge in [-0.2, -0.15) is 0 Å². The van der Waals surface area contributed by atoms with E-state index in [9.17, 15) is 14.4 Å². The first-order valence-corrected chi connectivity index (χ1v) is 30.3. The molecule has 0 radical (unpaired) electrons. The number of hydrogen-bond acceptors (Lipinski definition) is 6. The molecule has 0 aliphatic rings. The fourth-order valence-electron chi connectivity index (χ4n) is 9.09. The molecule has 68 heavy (non-hydrogen) atoms. The van der Waals surface area contributed by atoms with Crippen LogP contribution in [0.3, 0.4) is 0 Å². The third kappa shape index (κ3) is 54.8. The van der Waals surface area contributed by atoms with Gasteiger partial charge in [0, 0.05) is 19.3 Å². The van der Waals surface area contributed by atoms with E-state index in [1.54, 1.807) is 0 Å². The monoisotopic (exact) mass is 957 g/mol. The van der Waals surface area contributed by atoms with E-state index in [4.69, 9.17) is 14.2 Å². The van der Waals surface area contributed by atoms with Crippen LogP contribution in [0.2, 0.25) is 0 Å². The molecule has 0 aromatic carbocycles. The lowest BCUT2D eigenvalue weighted by Gasteiger charge is -2.18. The van der Waals surface area contributed by atoms with Crippen LogP contribution in [0.5, 0.6) is 0 Å². The second-order valence-electron chi connectivity index (χ2n) is 20.6. The van der Waals surface area contributed by atoms with Crippen LogP contribution in [0.4, 0.5) is 0 Å². The fourth-order valence-corrected chi connectivity index (χ4v) is 9.09. The summed E-state index contributed by atoms with van der Waals surface area (Å²) >= 11 is 0. The van der Waals surface area contributed by atoms with E-state index in [-0.39, 0.29) is 31.1 Å². The van der Waals surface area contributed by atoms with Crippen molar-refractivity contribution in [2.24, 2.45) is 0 Å². The summed E-state index contributed by atoms with van der Waals surface area (Å²) in [6, 6.07) is 0. The van der Waals surface area contributed by atoms with Crippen molar-refractivity contribution in [2.75, 3.05) is 13.2 Å². The van der Waals surface area contributed by atoms with Gasteiger partial charge in [-0.3, -0.25) is 14.4 Å². The summed E-state index contributed by atoms with van der Waals surface area (Å²) in [5.41, 5.74) is 0. The van der Waals surface area contributed by atoms with Crippen molar-refractivity contribution in [1.82, 2.24) is 0 Å². The topological polar surface area (TPSA) is 78.9 Å². The van der Waals surface area contributed by atoms with Crippen molar-refractivity contribution in [3.05, 3.63) is 24.3 Å². The van der Waals surface area contributed by atoms with Crippen LogP contribution in [0, 0.1) is 0 Å². The van der Waals surface area contributed by atoms with Crippen LogP contribution in [0.1, 0.15) is 335 Å². The minimum absolute atomic E-state index is 0.0730. The zero-order chi connectivity index (χ0) is 49.3. The Morgan fingerprint density at radius 3 is 0.794 bits per heavy atom. The Morgan fingerprint density at radius 1 is 0.279 bits per heavy atom. The van der Waals surface area contributed by atoms with Crippen molar-refractivity contribution in [1.29, 1.82) is 0 Å². The summed E-state index contributed by atoms with van der Waals surface area (Å²) in [7, 11) is 0. The van der Waals surface area contributed by atoms with E-state index in [0.29, 0.717) is 19.3 Å². The highest BCUT2D eigenvalue weighted by Crippen LogP contribution is 2.17. The Balaban J connectivity index is 4.18. The molecule has 0 saturated heterocycles. The summed E-state index contributed by atoms with van der Waals surface area (Å²) in [6.07, 6.45) is 67.7. The first kappa shape index (κ1) is 65.9. The van der Waals surface area contributed by atoms with E-state index in [2.05, 4.69) is 45.1 Å². The number of allylic oxidation sites excluding steroid dienone is 4. The van der Waals surface area contributed by atoms with Crippen LogP contribution in [0.15, 0.2) is 24.3 Å². The zero-order valence-electron chi connectivity index (χ0n) is 45.9. The Morgan fingerprint density at radius 2 is 0.515 bits per heavy atom. The van der Waals surface area contributed by atoms with Gasteiger partial charge in [-0.05, 0) is 64.2 Å². The van der Waals surface area contributed by atoms with Gasteiger partial charge >= 0.3 is 17.9 Å². The third-order valence-electron chi connectivity index (χ3n) is 13.7. The molecule has 0 amide bonds. The van der Waals surface area contributed by atoms with Gasteiger partial charge in [0.1, 0.15) is 13.2 Å². The lowest BCUT2D eigenvalue weighted by molar-refractivity contribution is -0.167. The quantitative estimate of drug-likeness (QED) is 0.0262. The molecule has 6 heteroatoms. The predicted octanol–water partition coefficient (Wildman–Crippen LogP) is 20.3. The number of rotatable bonds is 56. The van der Waals surface area contributed by atoms with Gasteiger partial charge in [-0.25, -0.2) is 0 Å². The van der Waals surface area contributed by atoms with Crippen molar-refractivity contribution < 1.29 is 28.6 Å². The Labute approximate surface area is 423 Å². The normalized spacial score (nSPS) is 12.1. The molecular weight excluding hydrogens is 841 g/mol. The Hall–Kier alpha value is -2.11. The molecule has 6 nitrogen and oxygen atoms in total.